The van der Waals surface area contributed by atoms with Crippen LogP contribution in [0.1, 0.15) is 93.9 Å². The van der Waals surface area contributed by atoms with Gasteiger partial charge in [-0.2, -0.15) is 0 Å². The Morgan fingerprint density at radius 2 is 1.41 bits per heavy atom. The summed E-state index contributed by atoms with van der Waals surface area (Å²) in [5, 5.41) is 5.87. The molecule has 2 rings (SSSR count). The summed E-state index contributed by atoms with van der Waals surface area (Å²) in [7, 11) is 0. The lowest BCUT2D eigenvalue weighted by atomic mass is 9.62. The molecule has 2 aliphatic rings. The van der Waals surface area contributed by atoms with Gasteiger partial charge in [0.25, 0.3) is 0 Å². The molecule has 192 valence electrons. The summed E-state index contributed by atoms with van der Waals surface area (Å²) in [6, 6.07) is 0.220. The van der Waals surface area contributed by atoms with Gasteiger partial charge in [0, 0.05) is 26.4 Å². The molecule has 34 heavy (non-hydrogen) atoms. The van der Waals surface area contributed by atoms with Gasteiger partial charge >= 0.3 is 0 Å². The number of nitrogens with one attached hydrogen (secondary N) is 2. The van der Waals surface area contributed by atoms with E-state index in [4.69, 9.17) is 0 Å². The minimum absolute atomic E-state index is 0.00828. The molecule has 2 amide bonds. The number of carbonyl (C=O) groups is 2. The van der Waals surface area contributed by atoms with Gasteiger partial charge in [-0.05, 0) is 60.2 Å². The van der Waals surface area contributed by atoms with E-state index in [0.717, 1.165) is 38.5 Å². The van der Waals surface area contributed by atoms with Crippen molar-refractivity contribution in [3.63, 3.8) is 0 Å². The lowest BCUT2D eigenvalue weighted by Crippen LogP contribution is -2.47. The summed E-state index contributed by atoms with van der Waals surface area (Å²) in [6.07, 6.45) is 8.93. The lowest BCUT2D eigenvalue weighted by Gasteiger charge is -2.46. The monoisotopic (exact) mass is 476 g/mol. The number of isocyanates is 2. The molecule has 2 saturated carbocycles. The molecule has 8 heteroatoms. The zero-order chi connectivity index (χ0) is 26.2. The van der Waals surface area contributed by atoms with Crippen LogP contribution in [0, 0.1) is 21.7 Å². The molecule has 0 heterocycles. The smallest absolute Gasteiger partial charge is 0.235 e. The standard InChI is InChI=1S/2C13H22N2O2/c1-10(17)14-8-13(4)6-11(15-9-16)5-12(2,3)7-13;1-10(17)15-11-5-12(2,3)7-13(4,6-11)8-14-9-16/h11H,5-8H2,1-4H3,(H,14,17);11H,5-8H2,1-4H3,(H,15,17). The minimum Gasteiger partial charge on any atom is -0.356 e. The summed E-state index contributed by atoms with van der Waals surface area (Å²) in [4.78, 5) is 50.4. The van der Waals surface area contributed by atoms with E-state index in [-0.39, 0.29) is 45.6 Å². The number of hydrogen-bond acceptors (Lipinski definition) is 6. The lowest BCUT2D eigenvalue weighted by molar-refractivity contribution is -0.121. The summed E-state index contributed by atoms with van der Waals surface area (Å²) >= 11 is 0. The molecule has 8 nitrogen and oxygen atoms in total. The fourth-order valence-electron chi connectivity index (χ4n) is 6.58. The topological polar surface area (TPSA) is 117 Å². The normalized spacial score (nSPS) is 31.4. The van der Waals surface area contributed by atoms with Gasteiger partial charge in [-0.25, -0.2) is 19.6 Å². The maximum Gasteiger partial charge on any atom is 0.235 e. The molecular formula is C26H44N4O4. The molecule has 2 fully saturated rings. The van der Waals surface area contributed by atoms with Crippen molar-refractivity contribution in [2.45, 2.75) is 106 Å². The number of nitrogens with zero attached hydrogens (tertiary/aromatic N) is 2. The molecule has 4 unspecified atom stereocenters. The van der Waals surface area contributed by atoms with Crippen LogP contribution in [-0.4, -0.2) is 49.1 Å². The molecule has 0 aromatic carbocycles. The van der Waals surface area contributed by atoms with E-state index in [0.29, 0.717) is 13.1 Å². The van der Waals surface area contributed by atoms with Crippen LogP contribution in [0.2, 0.25) is 0 Å². The van der Waals surface area contributed by atoms with Crippen LogP contribution < -0.4 is 10.6 Å². The molecular weight excluding hydrogens is 432 g/mol. The third-order valence-corrected chi connectivity index (χ3v) is 6.80. The van der Waals surface area contributed by atoms with E-state index in [2.05, 4.69) is 62.2 Å². The molecule has 0 aromatic heterocycles. The van der Waals surface area contributed by atoms with Crippen LogP contribution in [-0.2, 0) is 19.2 Å². The fourth-order valence-corrected chi connectivity index (χ4v) is 6.58. The molecule has 0 aromatic rings. The second-order valence-electron chi connectivity index (χ2n) is 12.7. The highest BCUT2D eigenvalue weighted by Gasteiger charge is 2.42. The van der Waals surface area contributed by atoms with Crippen LogP contribution in [0.4, 0.5) is 0 Å². The van der Waals surface area contributed by atoms with E-state index in [1.54, 1.807) is 19.1 Å². The summed E-state index contributed by atoms with van der Waals surface area (Å²) in [5.41, 5.74) is 0.305. The fraction of sp³-hybridized carbons (Fsp3) is 0.846. The molecule has 0 aliphatic heterocycles. The summed E-state index contributed by atoms with van der Waals surface area (Å²) in [6.45, 7) is 17.3. The predicted molar refractivity (Wildman–Crippen MR) is 133 cm³/mol. The molecule has 4 atom stereocenters. The van der Waals surface area contributed by atoms with E-state index in [1.807, 2.05) is 0 Å². The maximum absolute atomic E-state index is 11.2. The minimum atomic E-state index is -0.0216. The van der Waals surface area contributed by atoms with Gasteiger partial charge in [0.2, 0.25) is 24.0 Å². The zero-order valence-electron chi connectivity index (χ0n) is 22.3. The van der Waals surface area contributed by atoms with Gasteiger partial charge < -0.3 is 10.6 Å². The van der Waals surface area contributed by atoms with Crippen LogP contribution >= 0.6 is 0 Å². The van der Waals surface area contributed by atoms with E-state index in [9.17, 15) is 19.2 Å². The zero-order valence-corrected chi connectivity index (χ0v) is 22.3. The van der Waals surface area contributed by atoms with Crippen molar-refractivity contribution in [2.24, 2.45) is 31.6 Å². The highest BCUT2D eigenvalue weighted by Crippen LogP contribution is 2.47. The molecule has 0 bridgehead atoms. The molecule has 0 spiro atoms. The van der Waals surface area contributed by atoms with Crippen LogP contribution in [0.25, 0.3) is 0 Å². The number of rotatable bonds is 6. The van der Waals surface area contributed by atoms with Crippen molar-refractivity contribution in [3.05, 3.63) is 0 Å². The Morgan fingerprint density at radius 3 is 1.94 bits per heavy atom. The highest BCUT2D eigenvalue weighted by molar-refractivity contribution is 5.73. The third kappa shape index (κ3) is 10.8. The Balaban J connectivity index is 0.000000340. The largest absolute Gasteiger partial charge is 0.356 e. The summed E-state index contributed by atoms with van der Waals surface area (Å²) < 4.78 is 0. The first-order chi connectivity index (χ1) is 15.5. The Bertz CT molecular complexity index is 827. The van der Waals surface area contributed by atoms with Crippen LogP contribution in [0.5, 0.6) is 0 Å². The first-order valence-electron chi connectivity index (χ1n) is 12.1. The van der Waals surface area contributed by atoms with Gasteiger partial charge in [0.15, 0.2) is 0 Å². The van der Waals surface area contributed by atoms with E-state index in [1.165, 1.54) is 6.92 Å². The Labute approximate surface area is 204 Å². The van der Waals surface area contributed by atoms with Gasteiger partial charge in [0.05, 0.1) is 12.6 Å². The number of aliphatic imine (C=N–C) groups is 2. The summed E-state index contributed by atoms with van der Waals surface area (Å²) in [5.74, 6) is -0.000943. The van der Waals surface area contributed by atoms with E-state index < -0.39 is 0 Å². The average Bonchev–Trinajstić information content (AvgIpc) is 2.62. The Morgan fingerprint density at radius 1 is 0.824 bits per heavy atom. The maximum atomic E-state index is 11.2. The van der Waals surface area contributed by atoms with Gasteiger partial charge in [-0.15, -0.1) is 0 Å². The van der Waals surface area contributed by atoms with Crippen molar-refractivity contribution in [3.8, 4) is 0 Å². The second kappa shape index (κ2) is 11.9. The van der Waals surface area contributed by atoms with Crippen molar-refractivity contribution in [2.75, 3.05) is 13.1 Å². The van der Waals surface area contributed by atoms with Crippen LogP contribution in [0.3, 0.4) is 0 Å². The molecule has 0 saturated heterocycles. The SMILES string of the molecule is CC(=O)NC1CC(C)(C)CC(C)(CN=C=O)C1.CC(=O)NCC1(C)CC(N=C=O)CC(C)(C)C1. The third-order valence-electron chi connectivity index (χ3n) is 6.80. The van der Waals surface area contributed by atoms with Crippen molar-refractivity contribution >= 4 is 24.0 Å². The number of carbonyl (C=O) groups excluding carboxylic acids is 4. The Kier molecular flexibility index (Phi) is 10.4. The van der Waals surface area contributed by atoms with Gasteiger partial charge in [-0.1, -0.05) is 41.5 Å². The predicted octanol–water partition coefficient (Wildman–Crippen LogP) is 4.09. The number of amides is 2. The molecule has 2 N–H and O–H groups in total. The second-order valence-corrected chi connectivity index (χ2v) is 12.7. The first-order valence-corrected chi connectivity index (χ1v) is 12.1. The molecule has 0 radical (unpaired) electrons. The van der Waals surface area contributed by atoms with Gasteiger partial charge in [-0.3, -0.25) is 9.59 Å². The first kappa shape index (κ1) is 29.7. The van der Waals surface area contributed by atoms with E-state index >= 15 is 0 Å². The van der Waals surface area contributed by atoms with Crippen molar-refractivity contribution in [1.29, 1.82) is 0 Å². The Hall–Kier alpha value is -2.30. The number of hydrogen-bond donors (Lipinski definition) is 2. The van der Waals surface area contributed by atoms with Crippen LogP contribution in [0.15, 0.2) is 9.98 Å². The highest BCUT2D eigenvalue weighted by atomic mass is 16.2. The average molecular weight is 477 g/mol. The van der Waals surface area contributed by atoms with Crippen molar-refractivity contribution < 1.29 is 19.2 Å². The quantitative estimate of drug-likeness (QED) is 0.443. The van der Waals surface area contributed by atoms with Gasteiger partial charge in [0.1, 0.15) is 0 Å². The molecule has 2 aliphatic carbocycles. The van der Waals surface area contributed by atoms with Crippen molar-refractivity contribution in [1.82, 2.24) is 10.6 Å².